The summed E-state index contributed by atoms with van der Waals surface area (Å²) < 4.78 is 22.3. The number of aromatic nitrogens is 4. The molecule has 5 rings (SSSR count). The van der Waals surface area contributed by atoms with E-state index in [9.17, 15) is 9.59 Å². The van der Waals surface area contributed by atoms with Crippen LogP contribution >= 0.6 is 0 Å². The predicted octanol–water partition coefficient (Wildman–Crippen LogP) is 5.74. The second kappa shape index (κ2) is 15.0. The zero-order valence-corrected chi connectivity index (χ0v) is 27.5. The summed E-state index contributed by atoms with van der Waals surface area (Å²) in [5.41, 5.74) is 9.41. The second-order valence-electron chi connectivity index (χ2n) is 11.9. The second-order valence-corrected chi connectivity index (χ2v) is 11.9. The highest BCUT2D eigenvalue weighted by Gasteiger charge is 2.21. The van der Waals surface area contributed by atoms with Gasteiger partial charge in [-0.15, -0.1) is 0 Å². The third-order valence-electron chi connectivity index (χ3n) is 6.99. The van der Waals surface area contributed by atoms with Crippen molar-refractivity contribution in [2.45, 2.75) is 39.5 Å². The van der Waals surface area contributed by atoms with Gasteiger partial charge < -0.3 is 39.6 Å². The van der Waals surface area contributed by atoms with E-state index in [2.05, 4.69) is 30.1 Å². The first-order valence-corrected chi connectivity index (χ1v) is 15.3. The molecule has 3 heterocycles. The van der Waals surface area contributed by atoms with Crippen LogP contribution in [0.4, 0.5) is 16.4 Å². The number of carbonyl (C=O) groups excluding carboxylic acids is 2. The fourth-order valence-corrected chi connectivity index (χ4v) is 4.53. The maximum absolute atomic E-state index is 12.3. The lowest BCUT2D eigenvalue weighted by atomic mass is 10.1. The summed E-state index contributed by atoms with van der Waals surface area (Å²) in [6.07, 6.45) is 2.35. The molecule has 0 fully saturated rings. The number of aromatic amines is 1. The molecule has 0 unspecified atom stereocenters. The molecule has 0 aliphatic rings. The van der Waals surface area contributed by atoms with Gasteiger partial charge in [-0.25, -0.2) is 14.6 Å². The van der Waals surface area contributed by atoms with E-state index in [-0.39, 0.29) is 24.9 Å². The van der Waals surface area contributed by atoms with Gasteiger partial charge in [0.25, 0.3) is 5.70 Å². The topological polar surface area (TPSA) is 175 Å². The van der Waals surface area contributed by atoms with Crippen molar-refractivity contribution >= 4 is 40.9 Å². The number of esters is 1. The Hall–Kier alpha value is -6.36. The monoisotopic (exact) mass is 664 g/mol. The van der Waals surface area contributed by atoms with Crippen LogP contribution in [0, 0.1) is 6.57 Å². The minimum atomic E-state index is -0.707. The molecule has 0 atom stereocenters. The third-order valence-corrected chi connectivity index (χ3v) is 6.99. The number of benzene rings is 2. The third kappa shape index (κ3) is 9.35. The molecule has 0 saturated heterocycles. The first-order valence-electron chi connectivity index (χ1n) is 15.3. The number of amides is 1. The van der Waals surface area contributed by atoms with E-state index in [1.54, 1.807) is 32.9 Å². The molecule has 1 amide bonds. The van der Waals surface area contributed by atoms with Crippen LogP contribution in [0.1, 0.15) is 37.7 Å². The molecular formula is C35H36N8O6. The maximum atomic E-state index is 12.3. The number of rotatable bonds is 12. The van der Waals surface area contributed by atoms with Gasteiger partial charge in [0.1, 0.15) is 35.9 Å². The number of ether oxygens (including phenoxy) is 3. The lowest BCUT2D eigenvalue weighted by Crippen LogP contribution is -2.28. The summed E-state index contributed by atoms with van der Waals surface area (Å²) in [4.78, 5) is 45.0. The first kappa shape index (κ1) is 34.0. The van der Waals surface area contributed by atoms with E-state index in [4.69, 9.17) is 30.9 Å². The van der Waals surface area contributed by atoms with Gasteiger partial charge in [0.2, 0.25) is 11.8 Å². The van der Waals surface area contributed by atoms with Crippen LogP contribution in [0.25, 0.3) is 33.4 Å². The predicted molar refractivity (Wildman–Crippen MR) is 183 cm³/mol. The Morgan fingerprint density at radius 3 is 2.51 bits per heavy atom. The van der Waals surface area contributed by atoms with Gasteiger partial charge in [-0.2, -0.15) is 9.97 Å². The lowest BCUT2D eigenvalue weighted by molar-refractivity contribution is -0.149. The average Bonchev–Trinajstić information content (AvgIpc) is 3.75. The SMILES string of the molecule is [C-]#[N+]/C(=C\c1ccc(-c2ccc(N(C)CCOC(=O)NCc3ccc(COc4nc(N)nc5nc[nH]c45)cc3)cc2)o1)C(=O)OC(C)(C)C. The molecule has 252 valence electrons. The van der Waals surface area contributed by atoms with Gasteiger partial charge >= 0.3 is 12.1 Å². The standard InChI is InChI=1S/C35H36N8O6/c1-35(2,3)49-32(44)27(37-4)18-26-14-15-28(48-26)24-10-12-25(13-11-24)43(5)16-17-46-34(45)38-19-22-6-8-23(9-7-22)20-47-31-29-30(40-21-39-29)41-33(36)42-31/h6-15,18,21H,16-17,19-20H2,1-3,5H3,(H,38,45)(H3,36,39,40,41,42)/b27-18-. The summed E-state index contributed by atoms with van der Waals surface area (Å²) in [7, 11) is 1.90. The summed E-state index contributed by atoms with van der Waals surface area (Å²) in [6, 6.07) is 18.7. The van der Waals surface area contributed by atoms with Crippen LogP contribution in [0.2, 0.25) is 0 Å². The average molecular weight is 665 g/mol. The Labute approximate surface area is 282 Å². The molecule has 0 spiro atoms. The van der Waals surface area contributed by atoms with Crippen molar-refractivity contribution in [3.05, 3.63) is 101 Å². The number of nitrogen functional groups attached to an aromatic ring is 1. The number of nitrogens with one attached hydrogen (secondary N) is 2. The van der Waals surface area contributed by atoms with Gasteiger partial charge in [0.05, 0.1) is 19.4 Å². The van der Waals surface area contributed by atoms with E-state index in [0.29, 0.717) is 41.7 Å². The lowest BCUT2D eigenvalue weighted by Gasteiger charge is -2.19. The number of alkyl carbamates (subject to hydrolysis) is 1. The number of hydrogen-bond acceptors (Lipinski definition) is 11. The van der Waals surface area contributed by atoms with Gasteiger partial charge in [-0.3, -0.25) is 4.79 Å². The van der Waals surface area contributed by atoms with Gasteiger partial charge in [-0.05, 0) is 74.4 Å². The number of furan rings is 1. The van der Waals surface area contributed by atoms with E-state index in [1.165, 1.54) is 12.4 Å². The molecule has 0 aliphatic heterocycles. The molecule has 14 heteroatoms. The molecule has 0 radical (unpaired) electrons. The largest absolute Gasteiger partial charge is 0.471 e. The van der Waals surface area contributed by atoms with Crippen LogP contribution in [0.3, 0.4) is 0 Å². The number of H-pyrrole nitrogens is 1. The van der Waals surface area contributed by atoms with Crippen molar-refractivity contribution < 1.29 is 28.2 Å². The fourth-order valence-electron chi connectivity index (χ4n) is 4.53. The molecular weight excluding hydrogens is 628 g/mol. The number of hydrogen-bond donors (Lipinski definition) is 3. The Morgan fingerprint density at radius 2 is 1.80 bits per heavy atom. The number of anilines is 2. The van der Waals surface area contributed by atoms with Crippen LogP contribution < -0.4 is 20.7 Å². The molecule has 14 nitrogen and oxygen atoms in total. The van der Waals surface area contributed by atoms with E-state index >= 15 is 0 Å². The normalized spacial score (nSPS) is 11.5. The number of likely N-dealkylation sites (N-methyl/N-ethyl adjacent to an activating group) is 1. The number of carbonyl (C=O) groups is 2. The summed E-state index contributed by atoms with van der Waals surface area (Å²) in [5, 5.41) is 2.76. The van der Waals surface area contributed by atoms with E-state index in [1.807, 2.05) is 60.5 Å². The Morgan fingerprint density at radius 1 is 1.06 bits per heavy atom. The quantitative estimate of drug-likeness (QED) is 0.0843. The Bertz CT molecular complexity index is 1990. The number of imidazole rings is 1. The Balaban J connectivity index is 1.04. The summed E-state index contributed by atoms with van der Waals surface area (Å²) in [5.74, 6) is 0.652. The smallest absolute Gasteiger partial charge is 0.407 e. The Kier molecular flexibility index (Phi) is 10.4. The van der Waals surface area contributed by atoms with Crippen LogP contribution in [-0.2, 0) is 27.4 Å². The minimum Gasteiger partial charge on any atom is -0.471 e. The van der Waals surface area contributed by atoms with Gasteiger partial charge in [-0.1, -0.05) is 24.3 Å². The van der Waals surface area contributed by atoms with Crippen molar-refractivity contribution in [2.24, 2.45) is 0 Å². The zero-order chi connectivity index (χ0) is 35.0. The van der Waals surface area contributed by atoms with Crippen molar-refractivity contribution in [3.63, 3.8) is 0 Å². The van der Waals surface area contributed by atoms with Crippen molar-refractivity contribution in [2.75, 3.05) is 30.8 Å². The van der Waals surface area contributed by atoms with Gasteiger partial charge in [0.15, 0.2) is 5.65 Å². The summed E-state index contributed by atoms with van der Waals surface area (Å²) in [6.45, 7) is 13.8. The first-order chi connectivity index (χ1) is 23.5. The van der Waals surface area contributed by atoms with Gasteiger partial charge in [0, 0.05) is 24.8 Å². The highest BCUT2D eigenvalue weighted by Crippen LogP contribution is 2.26. The molecule has 0 bridgehead atoms. The van der Waals surface area contributed by atoms with Crippen molar-refractivity contribution in [1.82, 2.24) is 25.3 Å². The summed E-state index contributed by atoms with van der Waals surface area (Å²) >= 11 is 0. The molecule has 49 heavy (non-hydrogen) atoms. The number of nitrogens with two attached hydrogens (primary N) is 1. The number of nitrogens with zero attached hydrogens (tertiary/aromatic N) is 5. The van der Waals surface area contributed by atoms with Crippen LogP contribution in [-0.4, -0.2) is 57.8 Å². The van der Waals surface area contributed by atoms with Crippen LogP contribution in [0.5, 0.6) is 5.88 Å². The zero-order valence-electron chi connectivity index (χ0n) is 27.5. The van der Waals surface area contributed by atoms with Crippen molar-refractivity contribution in [3.8, 4) is 17.2 Å². The number of fused-ring (bicyclic) bond motifs is 1. The highest BCUT2D eigenvalue weighted by molar-refractivity contribution is 5.95. The molecule has 3 aromatic heterocycles. The van der Waals surface area contributed by atoms with Crippen molar-refractivity contribution in [1.29, 1.82) is 0 Å². The molecule has 0 aliphatic carbocycles. The van der Waals surface area contributed by atoms with E-state index < -0.39 is 17.7 Å². The molecule has 5 aromatic rings. The highest BCUT2D eigenvalue weighted by atomic mass is 16.6. The fraction of sp³-hybridized carbons (Fsp3) is 0.257. The van der Waals surface area contributed by atoms with Crippen LogP contribution in [0.15, 0.2) is 77.1 Å². The molecule has 2 aromatic carbocycles. The molecule has 4 N–H and O–H groups in total. The minimum absolute atomic E-state index is 0.0796. The molecule has 0 saturated carbocycles. The maximum Gasteiger partial charge on any atom is 0.407 e. The van der Waals surface area contributed by atoms with E-state index in [0.717, 1.165) is 22.4 Å².